The number of ether oxygens (including phenoxy) is 1. The van der Waals surface area contributed by atoms with Crippen LogP contribution in [0.5, 0.6) is 11.5 Å². The number of phenols is 2. The lowest BCUT2D eigenvalue weighted by Crippen LogP contribution is -2.55. The Balaban J connectivity index is 2.06. The predicted molar refractivity (Wildman–Crippen MR) is 93.5 cm³/mol. The van der Waals surface area contributed by atoms with E-state index >= 15 is 0 Å². The molecular formula is C20H27NO4. The van der Waals surface area contributed by atoms with Crippen LogP contribution in [-0.2, 0) is 14.9 Å². The second-order valence-electron chi connectivity index (χ2n) is 8.97. The number of hydrogen-bond donors (Lipinski definition) is 3. The summed E-state index contributed by atoms with van der Waals surface area (Å²) >= 11 is 0. The Morgan fingerprint density at radius 2 is 1.92 bits per heavy atom. The van der Waals surface area contributed by atoms with Gasteiger partial charge < -0.3 is 20.7 Å². The van der Waals surface area contributed by atoms with E-state index in [0.717, 1.165) is 18.4 Å². The summed E-state index contributed by atoms with van der Waals surface area (Å²) in [6, 6.07) is 1.38. The number of nitrogens with two attached hydrogens (primary N) is 1. The topological polar surface area (TPSA) is 92.8 Å². The van der Waals surface area contributed by atoms with Crippen molar-refractivity contribution in [2.45, 2.75) is 70.4 Å². The third kappa shape index (κ3) is 1.85. The molecule has 0 radical (unpaired) electrons. The van der Waals surface area contributed by atoms with Crippen LogP contribution < -0.4 is 5.73 Å². The number of hydrogen-bond acceptors (Lipinski definition) is 5. The summed E-state index contributed by atoms with van der Waals surface area (Å²) in [6.45, 7) is 8.21. The van der Waals surface area contributed by atoms with Gasteiger partial charge in [0.15, 0.2) is 11.5 Å². The highest BCUT2D eigenvalue weighted by Crippen LogP contribution is 2.66. The molecule has 0 amide bonds. The average Bonchev–Trinajstić information content (AvgIpc) is 2.79. The van der Waals surface area contributed by atoms with Crippen LogP contribution in [-0.4, -0.2) is 22.3 Å². The van der Waals surface area contributed by atoms with Crippen LogP contribution >= 0.6 is 0 Å². The van der Waals surface area contributed by atoms with Gasteiger partial charge in [-0.15, -0.1) is 0 Å². The number of esters is 1. The number of phenolic OH excluding ortho intramolecular Hbond substituents is 2. The molecule has 5 nitrogen and oxygen atoms in total. The van der Waals surface area contributed by atoms with Crippen molar-refractivity contribution in [3.63, 3.8) is 0 Å². The van der Waals surface area contributed by atoms with Gasteiger partial charge in [-0.1, -0.05) is 34.1 Å². The molecule has 2 aliphatic carbocycles. The molecule has 1 aromatic carbocycles. The summed E-state index contributed by atoms with van der Waals surface area (Å²) in [4.78, 5) is 13.0. The zero-order valence-electron chi connectivity index (χ0n) is 15.3. The molecule has 1 saturated carbocycles. The van der Waals surface area contributed by atoms with Crippen LogP contribution in [0.2, 0.25) is 0 Å². The minimum Gasteiger partial charge on any atom is -0.504 e. The highest BCUT2D eigenvalue weighted by Gasteiger charge is 2.69. The van der Waals surface area contributed by atoms with Crippen molar-refractivity contribution in [3.8, 4) is 11.5 Å². The number of fused-ring (bicyclic) bond motifs is 1. The number of carbonyl (C=O) groups is 1. The van der Waals surface area contributed by atoms with Gasteiger partial charge in [0.1, 0.15) is 11.5 Å². The van der Waals surface area contributed by atoms with E-state index < -0.39 is 11.5 Å². The molecule has 2 bridgehead atoms. The van der Waals surface area contributed by atoms with Gasteiger partial charge in [0.2, 0.25) is 0 Å². The van der Waals surface area contributed by atoms with E-state index in [1.165, 1.54) is 0 Å². The third-order valence-corrected chi connectivity index (χ3v) is 6.82. The molecule has 136 valence electrons. The molecule has 5 heteroatoms. The molecule has 4 N–H and O–H groups in total. The van der Waals surface area contributed by atoms with Crippen LogP contribution in [0.15, 0.2) is 6.07 Å². The third-order valence-electron chi connectivity index (χ3n) is 6.82. The van der Waals surface area contributed by atoms with Gasteiger partial charge in [-0.05, 0) is 35.8 Å². The first-order chi connectivity index (χ1) is 11.6. The fraction of sp³-hybridized carbons (Fsp3) is 0.650. The average molecular weight is 345 g/mol. The Morgan fingerprint density at radius 1 is 1.24 bits per heavy atom. The predicted octanol–water partition coefficient (Wildman–Crippen LogP) is 3.22. The van der Waals surface area contributed by atoms with Gasteiger partial charge in [-0.3, -0.25) is 4.79 Å². The first kappa shape index (κ1) is 16.7. The second-order valence-corrected chi connectivity index (χ2v) is 8.97. The first-order valence-electron chi connectivity index (χ1n) is 9.19. The molecular weight excluding hydrogens is 318 g/mol. The molecule has 0 aromatic heterocycles. The zero-order valence-corrected chi connectivity index (χ0v) is 15.3. The van der Waals surface area contributed by atoms with Crippen LogP contribution in [0.25, 0.3) is 0 Å². The fourth-order valence-corrected chi connectivity index (χ4v) is 5.76. The van der Waals surface area contributed by atoms with Crippen molar-refractivity contribution in [3.05, 3.63) is 22.8 Å². The summed E-state index contributed by atoms with van der Waals surface area (Å²) < 4.78 is 5.79. The smallest absolute Gasteiger partial charge is 0.317 e. The Bertz CT molecular complexity index is 769. The van der Waals surface area contributed by atoms with E-state index in [1.54, 1.807) is 0 Å². The molecule has 1 aliphatic heterocycles. The van der Waals surface area contributed by atoms with Gasteiger partial charge in [-0.25, -0.2) is 0 Å². The lowest BCUT2D eigenvalue weighted by atomic mass is 9.49. The Hall–Kier alpha value is -1.75. The highest BCUT2D eigenvalue weighted by atomic mass is 16.6. The number of carbonyl (C=O) groups excluding carboxylic acids is 1. The molecule has 2 fully saturated rings. The highest BCUT2D eigenvalue weighted by molar-refractivity contribution is 5.90. The van der Waals surface area contributed by atoms with E-state index in [2.05, 4.69) is 13.8 Å². The van der Waals surface area contributed by atoms with Crippen molar-refractivity contribution in [2.24, 2.45) is 17.1 Å². The summed E-state index contributed by atoms with van der Waals surface area (Å²) in [5.74, 6) is -0.654. The summed E-state index contributed by atoms with van der Waals surface area (Å²) in [5.41, 5.74) is 7.44. The molecule has 1 heterocycles. The zero-order chi connectivity index (χ0) is 18.3. The van der Waals surface area contributed by atoms with Gasteiger partial charge in [0.25, 0.3) is 0 Å². The minimum absolute atomic E-state index is 0.0377. The largest absolute Gasteiger partial charge is 0.504 e. The van der Waals surface area contributed by atoms with Crippen molar-refractivity contribution < 1.29 is 19.7 Å². The van der Waals surface area contributed by atoms with Crippen molar-refractivity contribution >= 4 is 5.97 Å². The second kappa shape index (κ2) is 4.91. The van der Waals surface area contributed by atoms with Crippen LogP contribution in [0, 0.1) is 11.3 Å². The molecule has 0 unspecified atom stereocenters. The van der Waals surface area contributed by atoms with E-state index in [1.807, 2.05) is 19.9 Å². The maximum atomic E-state index is 13.0. The number of rotatable bonds is 1. The Morgan fingerprint density at radius 3 is 2.56 bits per heavy atom. The number of benzene rings is 1. The van der Waals surface area contributed by atoms with Crippen molar-refractivity contribution in [2.75, 3.05) is 0 Å². The molecule has 1 saturated heterocycles. The van der Waals surface area contributed by atoms with E-state index in [4.69, 9.17) is 10.5 Å². The van der Waals surface area contributed by atoms with Crippen molar-refractivity contribution in [1.82, 2.24) is 0 Å². The summed E-state index contributed by atoms with van der Waals surface area (Å²) in [6.07, 6.45) is 2.13. The van der Waals surface area contributed by atoms with E-state index in [0.29, 0.717) is 17.5 Å². The Kier molecular flexibility index (Phi) is 3.28. The fourth-order valence-electron chi connectivity index (χ4n) is 5.76. The monoisotopic (exact) mass is 345 g/mol. The van der Waals surface area contributed by atoms with Crippen LogP contribution in [0.4, 0.5) is 0 Å². The van der Waals surface area contributed by atoms with Crippen LogP contribution in [0.1, 0.15) is 75.6 Å². The Labute approximate surface area is 148 Å². The lowest BCUT2D eigenvalue weighted by Gasteiger charge is -2.51. The molecule has 1 aromatic rings. The van der Waals surface area contributed by atoms with Crippen molar-refractivity contribution in [1.29, 1.82) is 0 Å². The minimum atomic E-state index is -0.894. The van der Waals surface area contributed by atoms with Gasteiger partial charge >= 0.3 is 5.97 Å². The summed E-state index contributed by atoms with van der Waals surface area (Å²) in [5, 5.41) is 21.5. The quantitative estimate of drug-likeness (QED) is 0.537. The molecule has 3 aliphatic rings. The SMILES string of the molecule is CC(C)c1cc2c(c(O)c1O)[C@]13CCCC(C)(C)[C@H]1[C@@H](OC3=O)[C@@H]2N. The maximum absolute atomic E-state index is 13.0. The van der Waals surface area contributed by atoms with Gasteiger partial charge in [-0.2, -0.15) is 0 Å². The normalized spacial score (nSPS) is 35.3. The number of aromatic hydroxyl groups is 2. The van der Waals surface area contributed by atoms with E-state index in [-0.39, 0.29) is 40.8 Å². The van der Waals surface area contributed by atoms with Gasteiger partial charge in [0.05, 0.1) is 6.04 Å². The maximum Gasteiger partial charge on any atom is 0.317 e. The van der Waals surface area contributed by atoms with Gasteiger partial charge in [0, 0.05) is 17.0 Å². The van der Waals surface area contributed by atoms with E-state index in [9.17, 15) is 15.0 Å². The molecule has 4 atom stereocenters. The van der Waals surface area contributed by atoms with Crippen LogP contribution in [0.3, 0.4) is 0 Å². The standard InChI is InChI=1S/C20H27NO4/c1-9(2)10-8-11-12(15(23)14(10)22)20-7-5-6-19(3,4)17(20)16(13(11)21)25-18(20)24/h8-9,13,16-17,22-23H,5-7,21H2,1-4H3/t13-,16+,17-,20-/m1/s1. The lowest BCUT2D eigenvalue weighted by molar-refractivity contribution is -0.146. The molecule has 0 spiro atoms. The molecule has 25 heavy (non-hydrogen) atoms. The summed E-state index contributed by atoms with van der Waals surface area (Å²) in [7, 11) is 0. The first-order valence-corrected chi connectivity index (χ1v) is 9.19. The molecule has 4 rings (SSSR count).